The van der Waals surface area contributed by atoms with E-state index >= 15 is 0 Å². The van der Waals surface area contributed by atoms with Crippen LogP contribution >= 0.6 is 15.9 Å². The van der Waals surface area contributed by atoms with Crippen molar-refractivity contribution in [2.45, 2.75) is 19.5 Å². The molecule has 0 bridgehead atoms. The molecule has 0 aliphatic carbocycles. The minimum Gasteiger partial charge on any atom is -0.348 e. The lowest BCUT2D eigenvalue weighted by Crippen LogP contribution is -2.36. The number of aromatic nitrogens is 2. The number of benzene rings is 1. The number of halogens is 2. The van der Waals surface area contributed by atoms with Gasteiger partial charge in [-0.2, -0.15) is 0 Å². The zero-order valence-corrected chi connectivity index (χ0v) is 13.2. The smallest absolute Gasteiger partial charge is 0.328 e. The highest BCUT2D eigenvalue weighted by molar-refractivity contribution is 9.10. The van der Waals surface area contributed by atoms with Crippen LogP contribution in [0, 0.1) is 5.82 Å². The Labute approximate surface area is 133 Å². The Kier molecular flexibility index (Phi) is 4.92. The predicted molar refractivity (Wildman–Crippen MR) is 82.0 cm³/mol. The number of rotatable bonds is 4. The van der Waals surface area contributed by atoms with Gasteiger partial charge in [0.1, 0.15) is 12.4 Å². The number of H-pyrrole nitrogens is 1. The maximum Gasteiger partial charge on any atom is 0.328 e. The summed E-state index contributed by atoms with van der Waals surface area (Å²) in [7, 11) is 0. The van der Waals surface area contributed by atoms with Gasteiger partial charge in [-0.15, -0.1) is 0 Å². The van der Waals surface area contributed by atoms with E-state index in [0.717, 1.165) is 10.1 Å². The molecule has 1 amide bonds. The summed E-state index contributed by atoms with van der Waals surface area (Å²) in [5.41, 5.74) is -0.483. The average molecular weight is 370 g/mol. The molecule has 0 radical (unpaired) electrons. The molecule has 0 spiro atoms. The van der Waals surface area contributed by atoms with Crippen LogP contribution in [0.5, 0.6) is 0 Å². The molecule has 2 rings (SSSR count). The van der Waals surface area contributed by atoms with E-state index in [4.69, 9.17) is 0 Å². The van der Waals surface area contributed by atoms with Crippen LogP contribution in [0.1, 0.15) is 18.5 Å². The van der Waals surface area contributed by atoms with Crippen LogP contribution in [-0.4, -0.2) is 15.5 Å². The summed E-state index contributed by atoms with van der Waals surface area (Å²) < 4.78 is 14.1. The van der Waals surface area contributed by atoms with Gasteiger partial charge in [-0.05, 0) is 40.5 Å². The van der Waals surface area contributed by atoms with Crippen LogP contribution in [0.3, 0.4) is 0 Å². The maximum absolute atomic E-state index is 12.9. The minimum atomic E-state index is -0.669. The Hall–Kier alpha value is -2.22. The van der Waals surface area contributed by atoms with E-state index in [-0.39, 0.29) is 22.9 Å². The van der Waals surface area contributed by atoms with Gasteiger partial charge < -0.3 is 5.32 Å². The van der Waals surface area contributed by atoms with Crippen molar-refractivity contribution in [3.8, 4) is 0 Å². The van der Waals surface area contributed by atoms with Gasteiger partial charge in [-0.1, -0.05) is 12.1 Å². The molecule has 116 valence electrons. The van der Waals surface area contributed by atoms with Crippen molar-refractivity contribution in [2.24, 2.45) is 0 Å². The van der Waals surface area contributed by atoms with Gasteiger partial charge in [0.25, 0.3) is 5.56 Å². The van der Waals surface area contributed by atoms with Crippen molar-refractivity contribution in [2.75, 3.05) is 0 Å². The van der Waals surface area contributed by atoms with Gasteiger partial charge in [0.2, 0.25) is 5.91 Å². The summed E-state index contributed by atoms with van der Waals surface area (Å²) in [6.07, 6.45) is 1.25. The molecular formula is C14H13BrFN3O3. The molecule has 0 aliphatic heterocycles. The first-order valence-corrected chi connectivity index (χ1v) is 7.20. The summed E-state index contributed by atoms with van der Waals surface area (Å²) in [5, 5.41) is 2.70. The number of nitrogens with one attached hydrogen (secondary N) is 2. The molecule has 1 heterocycles. The highest BCUT2D eigenvalue weighted by Crippen LogP contribution is 2.12. The molecule has 2 N–H and O–H groups in total. The van der Waals surface area contributed by atoms with Gasteiger partial charge >= 0.3 is 5.69 Å². The Balaban J connectivity index is 2.07. The lowest BCUT2D eigenvalue weighted by molar-refractivity contribution is -0.122. The third-order valence-corrected chi connectivity index (χ3v) is 3.59. The first-order valence-electron chi connectivity index (χ1n) is 6.41. The van der Waals surface area contributed by atoms with Crippen molar-refractivity contribution >= 4 is 21.8 Å². The standard InChI is InChI=1S/C14H13BrFN3O3/c1-8(9-2-4-10(16)5-3-9)17-12(20)7-19-6-11(15)13(21)18-14(19)22/h2-6,8H,7H2,1H3,(H,17,20)(H,18,21,22). The number of carbonyl (C=O) groups excluding carboxylic acids is 1. The summed E-state index contributed by atoms with van der Waals surface area (Å²) in [6, 6.07) is 5.42. The van der Waals surface area contributed by atoms with Crippen molar-refractivity contribution in [1.29, 1.82) is 0 Å². The molecule has 1 aromatic heterocycles. The molecule has 2 aromatic rings. The first-order chi connectivity index (χ1) is 10.4. The van der Waals surface area contributed by atoms with E-state index in [0.29, 0.717) is 0 Å². The summed E-state index contributed by atoms with van der Waals surface area (Å²) in [4.78, 5) is 36.9. The van der Waals surface area contributed by atoms with Gasteiger partial charge in [-0.25, -0.2) is 9.18 Å². The van der Waals surface area contributed by atoms with E-state index in [1.807, 2.05) is 0 Å². The molecule has 8 heteroatoms. The van der Waals surface area contributed by atoms with E-state index in [1.165, 1.54) is 18.3 Å². The molecule has 0 fully saturated rings. The summed E-state index contributed by atoms with van der Waals surface area (Å²) in [5.74, 6) is -0.759. The highest BCUT2D eigenvalue weighted by Gasteiger charge is 2.11. The van der Waals surface area contributed by atoms with Gasteiger partial charge in [0.15, 0.2) is 0 Å². The van der Waals surface area contributed by atoms with E-state index < -0.39 is 17.2 Å². The van der Waals surface area contributed by atoms with Crippen LogP contribution < -0.4 is 16.6 Å². The van der Waals surface area contributed by atoms with E-state index in [1.54, 1.807) is 19.1 Å². The molecule has 0 aliphatic rings. The normalized spacial score (nSPS) is 12.0. The first kappa shape index (κ1) is 16.2. The number of nitrogens with zero attached hydrogens (tertiary/aromatic N) is 1. The molecule has 22 heavy (non-hydrogen) atoms. The zero-order chi connectivity index (χ0) is 16.3. The van der Waals surface area contributed by atoms with Crippen LogP contribution in [0.25, 0.3) is 0 Å². The second-order valence-electron chi connectivity index (χ2n) is 4.70. The minimum absolute atomic E-state index is 0.159. The number of hydrogen-bond acceptors (Lipinski definition) is 3. The van der Waals surface area contributed by atoms with Crippen molar-refractivity contribution in [3.05, 3.63) is 67.2 Å². The Morgan fingerprint density at radius 3 is 2.64 bits per heavy atom. The zero-order valence-electron chi connectivity index (χ0n) is 11.6. The fourth-order valence-electron chi connectivity index (χ4n) is 1.88. The lowest BCUT2D eigenvalue weighted by atomic mass is 10.1. The maximum atomic E-state index is 12.9. The number of amides is 1. The number of hydrogen-bond donors (Lipinski definition) is 2. The Morgan fingerprint density at radius 2 is 2.00 bits per heavy atom. The third-order valence-electron chi connectivity index (χ3n) is 3.03. The quantitative estimate of drug-likeness (QED) is 0.852. The Morgan fingerprint density at radius 1 is 1.36 bits per heavy atom. The molecule has 0 saturated heterocycles. The van der Waals surface area contributed by atoms with E-state index in [2.05, 4.69) is 26.2 Å². The number of aromatic amines is 1. The van der Waals surface area contributed by atoms with Gasteiger partial charge in [0, 0.05) is 6.20 Å². The van der Waals surface area contributed by atoms with Crippen molar-refractivity contribution in [1.82, 2.24) is 14.9 Å². The van der Waals surface area contributed by atoms with Crippen LogP contribution in [0.15, 0.2) is 44.5 Å². The molecule has 1 atom stereocenters. The molecule has 6 nitrogen and oxygen atoms in total. The monoisotopic (exact) mass is 369 g/mol. The molecule has 1 unspecified atom stereocenters. The largest absolute Gasteiger partial charge is 0.348 e. The van der Waals surface area contributed by atoms with Gasteiger partial charge in [-0.3, -0.25) is 19.1 Å². The predicted octanol–water partition coefficient (Wildman–Crippen LogP) is 1.32. The average Bonchev–Trinajstić information content (AvgIpc) is 2.45. The van der Waals surface area contributed by atoms with Gasteiger partial charge in [0.05, 0.1) is 10.5 Å². The summed E-state index contributed by atoms with van der Waals surface area (Å²) in [6.45, 7) is 1.51. The second-order valence-corrected chi connectivity index (χ2v) is 5.56. The van der Waals surface area contributed by atoms with Crippen LogP contribution in [0.4, 0.5) is 4.39 Å². The van der Waals surface area contributed by atoms with E-state index in [9.17, 15) is 18.8 Å². The second kappa shape index (κ2) is 6.69. The molecular weight excluding hydrogens is 357 g/mol. The SMILES string of the molecule is CC(NC(=O)Cn1cc(Br)c(=O)[nH]c1=O)c1ccc(F)cc1. The topological polar surface area (TPSA) is 84.0 Å². The van der Waals surface area contributed by atoms with Crippen LogP contribution in [-0.2, 0) is 11.3 Å². The lowest BCUT2D eigenvalue weighted by Gasteiger charge is -2.15. The fourth-order valence-corrected chi connectivity index (χ4v) is 2.22. The van der Waals surface area contributed by atoms with Crippen LogP contribution in [0.2, 0.25) is 0 Å². The molecule has 0 saturated carbocycles. The number of carbonyl (C=O) groups is 1. The summed E-state index contributed by atoms with van der Waals surface area (Å²) >= 11 is 2.99. The Bertz CT molecular complexity index is 798. The molecule has 1 aromatic carbocycles. The third kappa shape index (κ3) is 3.91. The van der Waals surface area contributed by atoms with Crippen molar-refractivity contribution in [3.63, 3.8) is 0 Å². The fraction of sp³-hybridized carbons (Fsp3) is 0.214. The van der Waals surface area contributed by atoms with Crippen molar-refractivity contribution < 1.29 is 9.18 Å². The highest BCUT2D eigenvalue weighted by atomic mass is 79.9.